The van der Waals surface area contributed by atoms with Crippen molar-refractivity contribution in [1.29, 1.82) is 0 Å². The Kier molecular flexibility index (Phi) is 11.4. The van der Waals surface area contributed by atoms with Crippen LogP contribution in [0.4, 0.5) is 18.9 Å². The number of allylic oxidation sites excluding steroid dienone is 1. The number of halogens is 4. The van der Waals surface area contributed by atoms with Crippen molar-refractivity contribution in [2.75, 3.05) is 64.1 Å². The summed E-state index contributed by atoms with van der Waals surface area (Å²) in [6.45, 7) is 7.39. The van der Waals surface area contributed by atoms with Gasteiger partial charge in [0.2, 0.25) is 10.0 Å². The Morgan fingerprint density at radius 2 is 1.92 bits per heavy atom. The molecule has 3 aliphatic heterocycles. The molecule has 0 unspecified atom stereocenters. The second-order valence-electron chi connectivity index (χ2n) is 15.6. The van der Waals surface area contributed by atoms with E-state index in [-0.39, 0.29) is 35.3 Å². The predicted octanol–water partition coefficient (Wildman–Crippen LogP) is 6.53. The van der Waals surface area contributed by atoms with Gasteiger partial charge >= 0.3 is 6.18 Å². The SMILES string of the molecule is C[C@H]1C/C=C\[C@H](OCCN2CCOCC2)[C@@H]2CC[C@H]2CN2C[C@@]3(CCCc4cc(Cl)ccc43)COc3ccc(cc32)C(=O)NS(=O)(=O)[C@H]1CC(F)(F)F. The van der Waals surface area contributed by atoms with Gasteiger partial charge < -0.3 is 19.1 Å². The number of carbonyl (C=O) groups excluding carboxylic acids is 1. The number of hydrogen-bond acceptors (Lipinski definition) is 8. The molecular weight excluding hydrogens is 731 g/mol. The molecule has 53 heavy (non-hydrogen) atoms. The van der Waals surface area contributed by atoms with E-state index in [2.05, 4.69) is 15.9 Å². The predicted molar refractivity (Wildman–Crippen MR) is 197 cm³/mol. The molecule has 290 valence electrons. The van der Waals surface area contributed by atoms with Crippen LogP contribution in [0.15, 0.2) is 48.6 Å². The Hall–Kier alpha value is -2.84. The van der Waals surface area contributed by atoms with Crippen molar-refractivity contribution >= 4 is 33.2 Å². The minimum Gasteiger partial charge on any atom is -0.490 e. The molecule has 5 aliphatic rings. The zero-order chi connectivity index (χ0) is 37.4. The lowest BCUT2D eigenvalue weighted by Gasteiger charge is -2.46. The Labute approximate surface area is 315 Å². The van der Waals surface area contributed by atoms with Gasteiger partial charge in [0.25, 0.3) is 5.91 Å². The lowest BCUT2D eigenvalue weighted by molar-refractivity contribution is -0.136. The highest BCUT2D eigenvalue weighted by molar-refractivity contribution is 7.90. The fourth-order valence-electron chi connectivity index (χ4n) is 8.94. The van der Waals surface area contributed by atoms with E-state index in [1.165, 1.54) is 24.1 Å². The van der Waals surface area contributed by atoms with Gasteiger partial charge in [-0.15, -0.1) is 0 Å². The number of hydrogen-bond donors (Lipinski definition) is 1. The molecule has 0 radical (unpaired) electrons. The molecule has 2 aromatic carbocycles. The Morgan fingerprint density at radius 3 is 2.68 bits per heavy atom. The first-order valence-corrected chi connectivity index (χ1v) is 20.7. The molecule has 2 bridgehead atoms. The number of nitrogens with zero attached hydrogens (tertiary/aromatic N) is 2. The fourth-order valence-corrected chi connectivity index (χ4v) is 10.8. The number of carbonyl (C=O) groups is 1. The van der Waals surface area contributed by atoms with Gasteiger partial charge in [-0.3, -0.25) is 9.69 Å². The summed E-state index contributed by atoms with van der Waals surface area (Å²) < 4.78 is 89.4. The van der Waals surface area contributed by atoms with Crippen molar-refractivity contribution in [1.82, 2.24) is 9.62 Å². The second kappa shape index (κ2) is 15.7. The van der Waals surface area contributed by atoms with Crippen LogP contribution < -0.4 is 14.4 Å². The molecular formula is C39H49ClF3N3O6S. The van der Waals surface area contributed by atoms with Gasteiger partial charge in [-0.2, -0.15) is 13.2 Å². The summed E-state index contributed by atoms with van der Waals surface area (Å²) in [5.41, 5.74) is 2.72. The molecule has 7 rings (SSSR count). The van der Waals surface area contributed by atoms with Crippen molar-refractivity contribution < 1.29 is 40.6 Å². The summed E-state index contributed by atoms with van der Waals surface area (Å²) in [7, 11) is -4.74. The average Bonchev–Trinajstić information content (AvgIpc) is 3.25. The largest absolute Gasteiger partial charge is 0.490 e. The van der Waals surface area contributed by atoms with Gasteiger partial charge in [-0.1, -0.05) is 36.7 Å². The third kappa shape index (κ3) is 8.69. The van der Waals surface area contributed by atoms with Gasteiger partial charge in [-0.05, 0) is 97.7 Å². The Morgan fingerprint density at radius 1 is 1.11 bits per heavy atom. The van der Waals surface area contributed by atoms with Crippen molar-refractivity contribution in [3.8, 4) is 5.75 Å². The summed E-state index contributed by atoms with van der Waals surface area (Å²) in [6.07, 6.45) is 1.79. The molecule has 1 spiro atoms. The van der Waals surface area contributed by atoms with E-state index in [1.54, 1.807) is 18.2 Å². The first-order chi connectivity index (χ1) is 25.3. The van der Waals surface area contributed by atoms with Gasteiger partial charge in [0.1, 0.15) is 5.75 Å². The number of morpholine rings is 1. The number of ether oxygens (including phenoxy) is 3. The van der Waals surface area contributed by atoms with E-state index in [1.807, 2.05) is 22.9 Å². The summed E-state index contributed by atoms with van der Waals surface area (Å²) in [5.74, 6) is -0.966. The molecule has 6 atom stereocenters. The van der Waals surface area contributed by atoms with Gasteiger partial charge in [0.05, 0.1) is 49.9 Å². The topological polar surface area (TPSA) is 97.4 Å². The van der Waals surface area contributed by atoms with Crippen LogP contribution in [0, 0.1) is 17.8 Å². The number of aryl methyl sites for hydroxylation is 1. The number of sulfonamides is 1. The van der Waals surface area contributed by atoms with Crippen LogP contribution in [-0.4, -0.2) is 95.9 Å². The zero-order valence-electron chi connectivity index (χ0n) is 30.1. The van der Waals surface area contributed by atoms with E-state index in [4.69, 9.17) is 25.8 Å². The maximum absolute atomic E-state index is 13.8. The first kappa shape index (κ1) is 38.4. The van der Waals surface area contributed by atoms with E-state index >= 15 is 0 Å². The summed E-state index contributed by atoms with van der Waals surface area (Å²) >= 11 is 6.44. The third-order valence-corrected chi connectivity index (χ3v) is 14.1. The summed E-state index contributed by atoms with van der Waals surface area (Å²) in [6, 6.07) is 10.8. The van der Waals surface area contributed by atoms with Crippen LogP contribution in [-0.2, 0) is 31.3 Å². The van der Waals surface area contributed by atoms with Crippen LogP contribution >= 0.6 is 11.6 Å². The highest BCUT2D eigenvalue weighted by Crippen LogP contribution is 2.47. The Balaban J connectivity index is 1.25. The molecule has 2 fully saturated rings. The summed E-state index contributed by atoms with van der Waals surface area (Å²) in [5, 5.41) is -1.19. The minimum atomic E-state index is -4.76. The highest BCUT2D eigenvalue weighted by Gasteiger charge is 2.46. The number of fused-ring (bicyclic) bond motifs is 4. The maximum atomic E-state index is 13.8. The van der Waals surface area contributed by atoms with Crippen LogP contribution in [0.25, 0.3) is 0 Å². The Bertz CT molecular complexity index is 1790. The van der Waals surface area contributed by atoms with Crippen LogP contribution in [0.3, 0.4) is 0 Å². The van der Waals surface area contributed by atoms with E-state index in [0.29, 0.717) is 56.0 Å². The molecule has 14 heteroatoms. The van der Waals surface area contributed by atoms with E-state index in [9.17, 15) is 26.4 Å². The average molecular weight is 780 g/mol. The second-order valence-corrected chi connectivity index (χ2v) is 17.9. The molecule has 3 heterocycles. The number of amides is 1. The third-order valence-electron chi connectivity index (χ3n) is 12.0. The highest BCUT2D eigenvalue weighted by atomic mass is 35.5. The van der Waals surface area contributed by atoms with Gasteiger partial charge in [0.15, 0.2) is 0 Å². The van der Waals surface area contributed by atoms with Crippen molar-refractivity contribution in [2.24, 2.45) is 17.8 Å². The smallest absolute Gasteiger partial charge is 0.390 e. The normalized spacial score (nSPS) is 31.3. The molecule has 9 nitrogen and oxygen atoms in total. The molecule has 2 aromatic rings. The summed E-state index contributed by atoms with van der Waals surface area (Å²) in [4.78, 5) is 18.2. The van der Waals surface area contributed by atoms with Crippen LogP contribution in [0.1, 0.15) is 66.9 Å². The zero-order valence-corrected chi connectivity index (χ0v) is 31.7. The molecule has 2 aliphatic carbocycles. The van der Waals surface area contributed by atoms with Crippen LogP contribution in [0.5, 0.6) is 5.75 Å². The molecule has 1 saturated heterocycles. The van der Waals surface area contributed by atoms with Crippen molar-refractivity contribution in [3.63, 3.8) is 0 Å². The van der Waals surface area contributed by atoms with Gasteiger partial charge in [-0.25, -0.2) is 13.1 Å². The van der Waals surface area contributed by atoms with Crippen molar-refractivity contribution in [2.45, 2.75) is 74.8 Å². The van der Waals surface area contributed by atoms with E-state index < -0.39 is 39.7 Å². The van der Waals surface area contributed by atoms with Crippen LogP contribution in [0.2, 0.25) is 5.02 Å². The van der Waals surface area contributed by atoms with Crippen molar-refractivity contribution in [3.05, 3.63) is 70.3 Å². The number of rotatable bonds is 5. The van der Waals surface area contributed by atoms with Gasteiger partial charge in [0, 0.05) is 48.7 Å². The minimum absolute atomic E-state index is 0.0348. The van der Waals surface area contributed by atoms with E-state index in [0.717, 1.165) is 51.7 Å². The monoisotopic (exact) mass is 779 g/mol. The molecule has 1 amide bonds. The standard InChI is InChI=1S/C39H49ClF3N3O6S/c1-26-4-2-6-34(51-19-16-45-14-17-50-18-15-45)31-10-7-29(31)23-46-24-38(13-3-5-27-20-30(40)9-11-32(27)38)25-52-35-12-8-28(21-33(35)46)37(47)44-53(48,49)36(26)22-39(41,42)43/h2,6,8-9,11-12,20-21,26,29,31,34,36H,3-5,7,10,13-19,22-25H2,1H3,(H,44,47)/b6-2-/t26-,29-,31+,34-,36-,38-/m0/s1. The number of nitrogens with one attached hydrogen (secondary N) is 1. The quantitative estimate of drug-likeness (QED) is 0.343. The lowest BCUT2D eigenvalue weighted by atomic mass is 9.68. The molecule has 1 N–H and O–H groups in total. The first-order valence-electron chi connectivity index (χ1n) is 18.8. The fraction of sp³-hybridized carbons (Fsp3) is 0.615. The molecule has 1 saturated carbocycles. The lowest BCUT2D eigenvalue weighted by Crippen LogP contribution is -2.50. The maximum Gasteiger partial charge on any atom is 0.390 e. The molecule has 0 aromatic heterocycles. The number of alkyl halides is 3. The number of anilines is 1. The number of benzene rings is 2.